The molecule has 0 aromatic carbocycles. The van der Waals surface area contributed by atoms with E-state index in [1.54, 1.807) is 26.2 Å². The van der Waals surface area contributed by atoms with Crippen molar-refractivity contribution in [3.05, 3.63) is 22.3 Å². The highest BCUT2D eigenvalue weighted by molar-refractivity contribution is 7.80. The van der Waals surface area contributed by atoms with Crippen LogP contribution in [-0.2, 0) is 16.0 Å². The summed E-state index contributed by atoms with van der Waals surface area (Å²) in [6, 6.07) is -1.18. The summed E-state index contributed by atoms with van der Waals surface area (Å²) in [5, 5.41) is 13.8. The molecule has 0 saturated carbocycles. The number of amides is 1. The third-order valence-electron chi connectivity index (χ3n) is 2.90. The van der Waals surface area contributed by atoms with Crippen molar-refractivity contribution in [2.45, 2.75) is 38.8 Å². The number of carbonyl (C=O) groups is 2. The standard InChI is InChI=1S/C15H18N4O5S2/c1-15(2,3)24-14(22)19-7(13(20)21)4-10-17-9(6-26-10)12-18-8(5-23-12)11(16)25/h5-7H,4H2,1-3H3,(H2,16,25)(H,19,22)(H,20,21)/t7-/m0/s1. The second-order valence-corrected chi connectivity index (χ2v) is 7.65. The van der Waals surface area contributed by atoms with Gasteiger partial charge in [0.05, 0.1) is 5.01 Å². The third-order valence-corrected chi connectivity index (χ3v) is 3.98. The van der Waals surface area contributed by atoms with E-state index in [4.69, 9.17) is 27.1 Å². The summed E-state index contributed by atoms with van der Waals surface area (Å²) >= 11 is 6.03. The molecule has 1 amide bonds. The molecule has 2 aromatic rings. The van der Waals surface area contributed by atoms with Gasteiger partial charge in [-0.15, -0.1) is 11.3 Å². The van der Waals surface area contributed by atoms with E-state index in [0.29, 0.717) is 16.4 Å². The maximum Gasteiger partial charge on any atom is 0.408 e. The minimum atomic E-state index is -1.19. The number of aliphatic carboxylic acids is 1. The Morgan fingerprint density at radius 2 is 2.15 bits per heavy atom. The Bertz CT molecular complexity index is 824. The fourth-order valence-corrected chi connectivity index (χ4v) is 2.74. The second kappa shape index (κ2) is 7.79. The number of nitrogens with two attached hydrogens (primary N) is 1. The lowest BCUT2D eigenvalue weighted by Gasteiger charge is -2.21. The normalized spacial score (nSPS) is 12.4. The van der Waals surface area contributed by atoms with Crippen molar-refractivity contribution in [1.29, 1.82) is 0 Å². The van der Waals surface area contributed by atoms with Crippen LogP contribution in [-0.4, -0.2) is 43.8 Å². The monoisotopic (exact) mass is 398 g/mol. The number of carboxylic acids is 1. The molecule has 140 valence electrons. The molecule has 4 N–H and O–H groups in total. The second-order valence-electron chi connectivity index (χ2n) is 6.27. The van der Waals surface area contributed by atoms with Gasteiger partial charge in [0.25, 0.3) is 0 Å². The van der Waals surface area contributed by atoms with E-state index in [1.165, 1.54) is 17.6 Å². The summed E-state index contributed by atoms with van der Waals surface area (Å²) in [5.74, 6) is -0.971. The summed E-state index contributed by atoms with van der Waals surface area (Å²) in [7, 11) is 0. The van der Waals surface area contributed by atoms with Gasteiger partial charge in [0.15, 0.2) is 0 Å². The van der Waals surface area contributed by atoms with Gasteiger partial charge in [-0.3, -0.25) is 0 Å². The SMILES string of the molecule is CC(C)(C)OC(=O)N[C@@H](Cc1nc(-c2nc(C(N)=S)co2)cs1)C(=O)O. The lowest BCUT2D eigenvalue weighted by atomic mass is 10.2. The number of rotatable bonds is 6. The highest BCUT2D eigenvalue weighted by Crippen LogP contribution is 2.22. The van der Waals surface area contributed by atoms with E-state index in [1.807, 2.05) is 0 Å². The number of thiocarbonyl (C=S) groups is 1. The molecule has 1 atom stereocenters. The maximum absolute atomic E-state index is 11.8. The third kappa shape index (κ3) is 5.49. The Hall–Kier alpha value is -2.53. The molecular formula is C15H18N4O5S2. The zero-order valence-corrected chi connectivity index (χ0v) is 15.9. The first-order chi connectivity index (χ1) is 12.0. The number of thiazole rings is 1. The van der Waals surface area contributed by atoms with Crippen molar-refractivity contribution in [2.24, 2.45) is 5.73 Å². The fourth-order valence-electron chi connectivity index (χ4n) is 1.83. The summed E-state index contributed by atoms with van der Waals surface area (Å²) < 4.78 is 10.3. The molecule has 2 rings (SSSR count). The highest BCUT2D eigenvalue weighted by atomic mass is 32.1. The van der Waals surface area contributed by atoms with E-state index < -0.39 is 23.7 Å². The first-order valence-electron chi connectivity index (χ1n) is 7.47. The van der Waals surface area contributed by atoms with Crippen LogP contribution >= 0.6 is 23.6 Å². The summed E-state index contributed by atoms with van der Waals surface area (Å²) in [5.41, 5.74) is 5.50. The van der Waals surface area contributed by atoms with Crippen molar-refractivity contribution in [2.75, 3.05) is 0 Å². The average molecular weight is 398 g/mol. The number of hydrogen-bond donors (Lipinski definition) is 3. The molecule has 0 fully saturated rings. The molecule has 0 aliphatic heterocycles. The zero-order valence-electron chi connectivity index (χ0n) is 14.3. The maximum atomic E-state index is 11.8. The quantitative estimate of drug-likeness (QED) is 0.623. The Morgan fingerprint density at radius 3 is 2.69 bits per heavy atom. The van der Waals surface area contributed by atoms with E-state index in [0.717, 1.165) is 0 Å². The van der Waals surface area contributed by atoms with Gasteiger partial charge in [-0.05, 0) is 20.8 Å². The van der Waals surface area contributed by atoms with Crippen LogP contribution in [0.25, 0.3) is 11.6 Å². The number of hydrogen-bond acceptors (Lipinski definition) is 8. The Kier molecular flexibility index (Phi) is 5.93. The molecule has 2 aromatic heterocycles. The Labute approximate surface area is 158 Å². The van der Waals surface area contributed by atoms with Crippen molar-refractivity contribution in [1.82, 2.24) is 15.3 Å². The van der Waals surface area contributed by atoms with Gasteiger partial charge < -0.3 is 25.3 Å². The van der Waals surface area contributed by atoms with E-state index in [2.05, 4.69) is 15.3 Å². The van der Waals surface area contributed by atoms with Gasteiger partial charge in [-0.25, -0.2) is 19.6 Å². The summed E-state index contributed by atoms with van der Waals surface area (Å²) in [6.07, 6.45) is 0.499. The molecule has 11 heteroatoms. The number of carbonyl (C=O) groups excluding carboxylic acids is 1. The van der Waals surface area contributed by atoms with Crippen LogP contribution in [0.5, 0.6) is 0 Å². The molecule has 0 saturated heterocycles. The van der Waals surface area contributed by atoms with Crippen LogP contribution in [0, 0.1) is 0 Å². The average Bonchev–Trinajstić information content (AvgIpc) is 3.12. The Morgan fingerprint density at radius 1 is 1.46 bits per heavy atom. The Balaban J connectivity index is 2.07. The molecule has 0 aliphatic carbocycles. The van der Waals surface area contributed by atoms with Gasteiger partial charge in [0.2, 0.25) is 5.89 Å². The van der Waals surface area contributed by atoms with Gasteiger partial charge in [-0.1, -0.05) is 12.2 Å². The molecule has 26 heavy (non-hydrogen) atoms. The van der Waals surface area contributed by atoms with Crippen molar-refractivity contribution in [3.8, 4) is 11.6 Å². The fraction of sp³-hybridized carbons (Fsp3) is 0.400. The van der Waals surface area contributed by atoms with Gasteiger partial charge in [-0.2, -0.15) is 0 Å². The molecule has 0 radical (unpaired) electrons. The largest absolute Gasteiger partial charge is 0.480 e. The number of aromatic nitrogens is 2. The molecule has 0 bridgehead atoms. The number of ether oxygens (including phenoxy) is 1. The van der Waals surface area contributed by atoms with Crippen molar-refractivity contribution < 1.29 is 23.8 Å². The molecule has 9 nitrogen and oxygen atoms in total. The first-order valence-corrected chi connectivity index (χ1v) is 8.76. The van der Waals surface area contributed by atoms with Crippen LogP contribution < -0.4 is 11.1 Å². The van der Waals surface area contributed by atoms with Crippen molar-refractivity contribution in [3.63, 3.8) is 0 Å². The summed E-state index contributed by atoms with van der Waals surface area (Å²) in [4.78, 5) is 31.7. The molecular weight excluding hydrogens is 380 g/mol. The lowest BCUT2D eigenvalue weighted by molar-refractivity contribution is -0.139. The topological polar surface area (TPSA) is 141 Å². The van der Waals surface area contributed by atoms with E-state index in [9.17, 15) is 14.7 Å². The predicted molar refractivity (Wildman–Crippen MR) is 98.0 cm³/mol. The van der Waals surface area contributed by atoms with Crippen LogP contribution in [0.1, 0.15) is 31.5 Å². The smallest absolute Gasteiger partial charge is 0.408 e. The van der Waals surface area contributed by atoms with Crippen LogP contribution in [0.15, 0.2) is 16.1 Å². The molecule has 2 heterocycles. The highest BCUT2D eigenvalue weighted by Gasteiger charge is 2.25. The molecule has 0 aliphatic rings. The van der Waals surface area contributed by atoms with E-state index in [-0.39, 0.29) is 17.3 Å². The van der Waals surface area contributed by atoms with Crippen LogP contribution in [0.2, 0.25) is 0 Å². The van der Waals surface area contributed by atoms with Crippen LogP contribution in [0.4, 0.5) is 4.79 Å². The minimum absolute atomic E-state index is 0.0118. The van der Waals surface area contributed by atoms with Gasteiger partial charge in [0, 0.05) is 11.8 Å². The number of oxazole rings is 1. The lowest BCUT2D eigenvalue weighted by Crippen LogP contribution is -2.44. The van der Waals surface area contributed by atoms with E-state index >= 15 is 0 Å². The van der Waals surface area contributed by atoms with Gasteiger partial charge >= 0.3 is 12.1 Å². The number of nitrogens with zero attached hydrogens (tertiary/aromatic N) is 2. The summed E-state index contributed by atoms with van der Waals surface area (Å²) in [6.45, 7) is 5.06. The molecule has 0 unspecified atom stereocenters. The minimum Gasteiger partial charge on any atom is -0.480 e. The predicted octanol–water partition coefficient (Wildman–Crippen LogP) is 1.95. The van der Waals surface area contributed by atoms with Crippen molar-refractivity contribution >= 4 is 40.6 Å². The van der Waals surface area contributed by atoms with Gasteiger partial charge in [0.1, 0.15) is 34.3 Å². The number of carboxylic acid groups (broad SMARTS) is 1. The van der Waals surface area contributed by atoms with Crippen LogP contribution in [0.3, 0.4) is 0 Å². The zero-order chi connectivity index (χ0) is 19.5. The molecule has 0 spiro atoms. The number of nitrogens with one attached hydrogen (secondary N) is 1. The number of alkyl carbamates (subject to hydrolysis) is 1. The first kappa shape index (κ1) is 19.8.